The van der Waals surface area contributed by atoms with Crippen molar-refractivity contribution in [3.8, 4) is 5.75 Å². The van der Waals surface area contributed by atoms with Gasteiger partial charge < -0.3 is 25.6 Å². The summed E-state index contributed by atoms with van der Waals surface area (Å²) < 4.78 is 7.36. The predicted molar refractivity (Wildman–Crippen MR) is 128 cm³/mol. The summed E-state index contributed by atoms with van der Waals surface area (Å²) in [4.78, 5) is 33.9. The first-order valence-corrected chi connectivity index (χ1v) is 11.6. The first kappa shape index (κ1) is 22.1. The number of amides is 2. The summed E-state index contributed by atoms with van der Waals surface area (Å²) in [6, 6.07) is 7.02. The molecule has 3 aromatic rings. The van der Waals surface area contributed by atoms with Gasteiger partial charge in [0.1, 0.15) is 5.82 Å². The van der Waals surface area contributed by atoms with Crippen LogP contribution in [0.5, 0.6) is 5.75 Å². The highest BCUT2D eigenvalue weighted by Crippen LogP contribution is 2.34. The highest BCUT2D eigenvalue weighted by atomic mass is 16.5. The Kier molecular flexibility index (Phi) is 5.60. The second-order valence-corrected chi connectivity index (χ2v) is 8.97. The Morgan fingerprint density at radius 3 is 2.97 bits per heavy atom. The molecular weight excluding hydrogens is 434 g/mol. The van der Waals surface area contributed by atoms with Gasteiger partial charge in [-0.05, 0) is 31.9 Å². The van der Waals surface area contributed by atoms with E-state index >= 15 is 0 Å². The minimum absolute atomic E-state index is 0.111. The average Bonchev–Trinajstić information content (AvgIpc) is 3.43. The molecule has 2 aliphatic rings. The van der Waals surface area contributed by atoms with Crippen molar-refractivity contribution in [3.05, 3.63) is 47.3 Å². The zero-order valence-corrected chi connectivity index (χ0v) is 19.6. The summed E-state index contributed by atoms with van der Waals surface area (Å²) in [5.41, 5.74) is 9.53. The van der Waals surface area contributed by atoms with Crippen molar-refractivity contribution in [2.24, 2.45) is 5.73 Å². The maximum atomic E-state index is 13.5. The van der Waals surface area contributed by atoms with Crippen LogP contribution in [0, 0.1) is 6.92 Å². The molecule has 0 aliphatic carbocycles. The van der Waals surface area contributed by atoms with Gasteiger partial charge in [0.25, 0.3) is 11.8 Å². The number of anilines is 2. The molecule has 1 aromatic carbocycles. The normalized spacial score (nSPS) is 18.4. The molecule has 1 saturated heterocycles. The summed E-state index contributed by atoms with van der Waals surface area (Å²) >= 11 is 0. The number of hydrogen-bond donors (Lipinski definition) is 2. The molecule has 34 heavy (non-hydrogen) atoms. The Balaban J connectivity index is 1.44. The van der Waals surface area contributed by atoms with Crippen LogP contribution in [0.15, 0.2) is 30.5 Å². The van der Waals surface area contributed by atoms with Crippen molar-refractivity contribution in [2.45, 2.75) is 38.8 Å². The van der Waals surface area contributed by atoms with Gasteiger partial charge in [-0.25, -0.2) is 9.50 Å². The molecule has 10 nitrogen and oxygen atoms in total. The molecule has 2 aromatic heterocycles. The minimum Gasteiger partial charge on any atom is -0.481 e. The molecule has 2 amide bonds. The smallest absolute Gasteiger partial charge is 0.262 e. The van der Waals surface area contributed by atoms with Crippen LogP contribution in [-0.2, 0) is 4.79 Å². The number of rotatable bonds is 5. The number of nitrogens with zero attached hydrogens (tertiary/aromatic N) is 5. The summed E-state index contributed by atoms with van der Waals surface area (Å²) in [5.74, 6) is 0.890. The van der Waals surface area contributed by atoms with Crippen molar-refractivity contribution in [2.75, 3.05) is 37.0 Å². The number of ether oxygens (including phenoxy) is 1. The molecule has 178 valence electrons. The van der Waals surface area contributed by atoms with Crippen LogP contribution in [0.1, 0.15) is 47.4 Å². The molecule has 1 fully saturated rings. The molecule has 2 atom stereocenters. The van der Waals surface area contributed by atoms with Gasteiger partial charge >= 0.3 is 0 Å². The molecular formula is C24H29N7O3. The second-order valence-electron chi connectivity index (χ2n) is 8.97. The molecule has 0 saturated carbocycles. The molecule has 3 N–H and O–H groups in total. The van der Waals surface area contributed by atoms with E-state index < -0.39 is 0 Å². The number of carbonyl (C=O) groups excluding carboxylic acids is 2. The fourth-order valence-electron chi connectivity index (χ4n) is 4.78. The van der Waals surface area contributed by atoms with Gasteiger partial charge in [-0.1, -0.05) is 13.0 Å². The number of benzene rings is 1. The van der Waals surface area contributed by atoms with Crippen LogP contribution in [-0.4, -0.2) is 64.1 Å². The molecule has 0 bridgehead atoms. The third-order valence-electron chi connectivity index (χ3n) is 6.53. The Labute approximate surface area is 197 Å². The van der Waals surface area contributed by atoms with Gasteiger partial charge in [0, 0.05) is 44.0 Å². The summed E-state index contributed by atoms with van der Waals surface area (Å²) in [5, 5.41) is 7.50. The third kappa shape index (κ3) is 3.83. The van der Waals surface area contributed by atoms with Crippen LogP contribution in [0.3, 0.4) is 0 Å². The van der Waals surface area contributed by atoms with Crippen molar-refractivity contribution >= 4 is 29.0 Å². The fourth-order valence-corrected chi connectivity index (χ4v) is 4.78. The second kappa shape index (κ2) is 8.60. The summed E-state index contributed by atoms with van der Waals surface area (Å²) in [6.45, 7) is 5.62. The molecule has 10 heteroatoms. The Morgan fingerprint density at radius 2 is 2.24 bits per heavy atom. The third-order valence-corrected chi connectivity index (χ3v) is 6.53. The lowest BCUT2D eigenvalue weighted by Gasteiger charge is -2.28. The maximum absolute atomic E-state index is 13.5. The number of nitrogens with two attached hydrogens (primary N) is 1. The number of nitrogens with one attached hydrogen (secondary N) is 1. The number of fused-ring (bicyclic) bond motifs is 2. The van der Waals surface area contributed by atoms with Crippen LogP contribution in [0.25, 0.3) is 5.65 Å². The Morgan fingerprint density at radius 1 is 1.41 bits per heavy atom. The average molecular weight is 464 g/mol. The van der Waals surface area contributed by atoms with Crippen molar-refractivity contribution in [1.82, 2.24) is 19.5 Å². The number of para-hydroxylation sites is 1. The lowest BCUT2D eigenvalue weighted by molar-refractivity contribution is -0.118. The van der Waals surface area contributed by atoms with E-state index in [-0.39, 0.29) is 30.5 Å². The van der Waals surface area contributed by atoms with E-state index in [9.17, 15) is 9.59 Å². The van der Waals surface area contributed by atoms with Gasteiger partial charge in [-0.3, -0.25) is 9.59 Å². The summed E-state index contributed by atoms with van der Waals surface area (Å²) in [7, 11) is 1.76. The molecule has 0 unspecified atom stereocenters. The Hall–Kier alpha value is -3.66. The monoisotopic (exact) mass is 463 g/mol. The standard InChI is InChI=1S/C24H29N7O3/c1-4-19(29(3)24(33)16-6-5-7-17-22(16)34-13-21(32)26-17)18-10-20-27-23(14(2)11-31(20)28-18)30-9-8-15(25)12-30/h5-7,10-11,15,19H,4,8-9,12-13,25H2,1-3H3,(H,26,32)/t15-,19-/m0/s1. The lowest BCUT2D eigenvalue weighted by Crippen LogP contribution is -2.33. The van der Waals surface area contributed by atoms with Crippen molar-refractivity contribution in [3.63, 3.8) is 0 Å². The lowest BCUT2D eigenvalue weighted by atomic mass is 10.1. The van der Waals surface area contributed by atoms with Crippen molar-refractivity contribution in [1.29, 1.82) is 0 Å². The first-order chi connectivity index (χ1) is 16.4. The molecule has 5 rings (SSSR count). The SMILES string of the molecule is CC[C@@H](c1cc2nc(N3CC[C@H](N)C3)c(C)cn2n1)N(C)C(=O)c1cccc2c1OCC(=O)N2. The predicted octanol–water partition coefficient (Wildman–Crippen LogP) is 2.13. The van der Waals surface area contributed by atoms with Gasteiger partial charge in [0.2, 0.25) is 0 Å². The zero-order chi connectivity index (χ0) is 24.0. The summed E-state index contributed by atoms with van der Waals surface area (Å²) in [6.07, 6.45) is 3.60. The van der Waals surface area contributed by atoms with Gasteiger partial charge in [-0.2, -0.15) is 5.10 Å². The highest BCUT2D eigenvalue weighted by molar-refractivity contribution is 6.03. The van der Waals surface area contributed by atoms with E-state index in [1.54, 1.807) is 34.7 Å². The van der Waals surface area contributed by atoms with E-state index in [1.165, 1.54) is 0 Å². The number of aromatic nitrogens is 3. The maximum Gasteiger partial charge on any atom is 0.262 e. The van der Waals surface area contributed by atoms with Crippen molar-refractivity contribution < 1.29 is 14.3 Å². The molecule has 4 heterocycles. The number of aryl methyl sites for hydroxylation is 1. The molecule has 0 spiro atoms. The van der Waals surface area contributed by atoms with Crippen LogP contribution in [0.4, 0.5) is 11.5 Å². The van der Waals surface area contributed by atoms with E-state index in [1.807, 2.05) is 26.1 Å². The van der Waals surface area contributed by atoms with E-state index in [0.717, 1.165) is 42.2 Å². The van der Waals surface area contributed by atoms with Crippen LogP contribution < -0.4 is 20.7 Å². The first-order valence-electron chi connectivity index (χ1n) is 11.6. The minimum atomic E-state index is -0.257. The fraction of sp³-hybridized carbons (Fsp3) is 0.417. The van der Waals surface area contributed by atoms with Gasteiger partial charge in [0.05, 0.1) is 23.0 Å². The highest BCUT2D eigenvalue weighted by Gasteiger charge is 2.29. The van der Waals surface area contributed by atoms with Gasteiger partial charge in [-0.15, -0.1) is 0 Å². The van der Waals surface area contributed by atoms with Gasteiger partial charge in [0.15, 0.2) is 18.0 Å². The molecule has 2 aliphatic heterocycles. The number of hydrogen-bond acceptors (Lipinski definition) is 7. The zero-order valence-electron chi connectivity index (χ0n) is 19.6. The van der Waals surface area contributed by atoms with Crippen LogP contribution in [0.2, 0.25) is 0 Å². The number of carbonyl (C=O) groups is 2. The largest absolute Gasteiger partial charge is 0.481 e. The topological polar surface area (TPSA) is 118 Å². The van der Waals surface area contributed by atoms with E-state index in [0.29, 0.717) is 23.4 Å². The van der Waals surface area contributed by atoms with Crippen LogP contribution >= 0.6 is 0 Å². The quantitative estimate of drug-likeness (QED) is 0.595. The molecule has 0 radical (unpaired) electrons. The Bertz CT molecular complexity index is 1270. The van der Waals surface area contributed by atoms with E-state index in [2.05, 4.69) is 10.2 Å². The van der Waals surface area contributed by atoms with E-state index in [4.69, 9.17) is 20.6 Å².